The first kappa shape index (κ1) is 7.54. The van der Waals surface area contributed by atoms with Crippen molar-refractivity contribution in [3.63, 3.8) is 0 Å². The topological polar surface area (TPSA) is 0 Å². The van der Waals surface area contributed by atoms with E-state index >= 15 is 0 Å². The molecular formula is C8H17P. The highest BCUT2D eigenvalue weighted by molar-refractivity contribution is 7.18. The molecule has 54 valence electrons. The van der Waals surface area contributed by atoms with Gasteiger partial charge in [-0.2, -0.15) is 0 Å². The minimum Gasteiger partial charge on any atom is -0.131 e. The van der Waals surface area contributed by atoms with Crippen LogP contribution in [0.5, 0.6) is 0 Å². The standard InChI is InChI=1S/C8H17P/c1-7-5-3-4-6-8(7,2)9/h7H,3-6,9H2,1-2H3/t7-,8-/m1/s1. The highest BCUT2D eigenvalue weighted by atomic mass is 31.0. The van der Waals surface area contributed by atoms with Gasteiger partial charge in [0.15, 0.2) is 0 Å². The van der Waals surface area contributed by atoms with Crippen molar-refractivity contribution in [2.75, 3.05) is 0 Å². The van der Waals surface area contributed by atoms with E-state index in [1.807, 2.05) is 0 Å². The van der Waals surface area contributed by atoms with Crippen LogP contribution in [0.25, 0.3) is 0 Å². The van der Waals surface area contributed by atoms with E-state index in [9.17, 15) is 0 Å². The van der Waals surface area contributed by atoms with Crippen molar-refractivity contribution in [3.05, 3.63) is 0 Å². The molecule has 1 heteroatoms. The largest absolute Gasteiger partial charge is 0.131 e. The molecule has 3 atom stereocenters. The lowest BCUT2D eigenvalue weighted by Gasteiger charge is -2.35. The third-order valence-electron chi connectivity index (χ3n) is 2.73. The number of hydrogen-bond donors (Lipinski definition) is 0. The molecule has 1 saturated carbocycles. The molecule has 0 nitrogen and oxygen atoms in total. The van der Waals surface area contributed by atoms with E-state index in [0.29, 0.717) is 5.16 Å². The molecule has 0 saturated heterocycles. The summed E-state index contributed by atoms with van der Waals surface area (Å²) in [7, 11) is 3.00. The molecule has 0 radical (unpaired) electrons. The van der Waals surface area contributed by atoms with E-state index in [2.05, 4.69) is 23.1 Å². The second kappa shape index (κ2) is 2.58. The molecule has 1 unspecified atom stereocenters. The predicted molar refractivity (Wildman–Crippen MR) is 45.7 cm³/mol. The third kappa shape index (κ3) is 1.67. The van der Waals surface area contributed by atoms with E-state index in [4.69, 9.17) is 0 Å². The molecule has 0 aliphatic heterocycles. The summed E-state index contributed by atoms with van der Waals surface area (Å²) in [5.41, 5.74) is 0. The maximum absolute atomic E-state index is 3.00. The van der Waals surface area contributed by atoms with Gasteiger partial charge in [0.25, 0.3) is 0 Å². The molecule has 0 aromatic carbocycles. The van der Waals surface area contributed by atoms with Gasteiger partial charge in [-0.25, -0.2) is 0 Å². The average molecular weight is 144 g/mol. The number of hydrogen-bond acceptors (Lipinski definition) is 0. The van der Waals surface area contributed by atoms with E-state index in [1.165, 1.54) is 25.7 Å². The SMILES string of the molecule is C[C@@H]1CCCC[C@@]1(C)P. The fourth-order valence-corrected chi connectivity index (χ4v) is 1.90. The molecule has 1 rings (SSSR count). The molecule has 0 heterocycles. The Hall–Kier alpha value is 0.430. The van der Waals surface area contributed by atoms with Crippen LogP contribution in [0.1, 0.15) is 39.5 Å². The van der Waals surface area contributed by atoms with Crippen molar-refractivity contribution >= 4 is 9.24 Å². The van der Waals surface area contributed by atoms with E-state index in [-0.39, 0.29) is 0 Å². The summed E-state index contributed by atoms with van der Waals surface area (Å²) in [6.45, 7) is 4.73. The van der Waals surface area contributed by atoms with Gasteiger partial charge >= 0.3 is 0 Å². The minimum atomic E-state index is 0.554. The van der Waals surface area contributed by atoms with E-state index in [1.54, 1.807) is 0 Å². The van der Waals surface area contributed by atoms with Gasteiger partial charge in [-0.3, -0.25) is 0 Å². The van der Waals surface area contributed by atoms with Crippen molar-refractivity contribution in [3.8, 4) is 0 Å². The van der Waals surface area contributed by atoms with Crippen LogP contribution in [0, 0.1) is 5.92 Å². The van der Waals surface area contributed by atoms with Gasteiger partial charge in [0.2, 0.25) is 0 Å². The third-order valence-corrected chi connectivity index (χ3v) is 3.59. The highest BCUT2D eigenvalue weighted by Gasteiger charge is 2.28. The quantitative estimate of drug-likeness (QED) is 0.458. The molecule has 0 spiro atoms. The molecule has 0 aromatic heterocycles. The number of rotatable bonds is 0. The van der Waals surface area contributed by atoms with Gasteiger partial charge in [0.05, 0.1) is 0 Å². The fourth-order valence-electron chi connectivity index (χ4n) is 1.53. The van der Waals surface area contributed by atoms with Crippen LogP contribution in [0.15, 0.2) is 0 Å². The van der Waals surface area contributed by atoms with Gasteiger partial charge in [-0.15, -0.1) is 9.24 Å². The van der Waals surface area contributed by atoms with Gasteiger partial charge in [0, 0.05) is 0 Å². The van der Waals surface area contributed by atoms with E-state index in [0.717, 1.165) is 5.92 Å². The van der Waals surface area contributed by atoms with Crippen molar-refractivity contribution in [2.45, 2.75) is 44.7 Å². The zero-order valence-electron chi connectivity index (χ0n) is 6.48. The summed E-state index contributed by atoms with van der Waals surface area (Å²) in [5, 5.41) is 0.554. The molecule has 0 N–H and O–H groups in total. The Balaban J connectivity index is 2.49. The first-order valence-corrected chi connectivity index (χ1v) is 4.49. The maximum atomic E-state index is 3.00. The Bertz CT molecular complexity index is 96.7. The zero-order valence-corrected chi connectivity index (χ0v) is 7.64. The maximum Gasteiger partial charge on any atom is -0.0153 e. The van der Waals surface area contributed by atoms with Crippen molar-refractivity contribution in [2.24, 2.45) is 5.92 Å². The second-order valence-corrected chi connectivity index (χ2v) is 4.97. The summed E-state index contributed by atoms with van der Waals surface area (Å²) in [5.74, 6) is 0.913. The van der Waals surface area contributed by atoms with Gasteiger partial charge in [0.1, 0.15) is 0 Å². The summed E-state index contributed by atoms with van der Waals surface area (Å²) >= 11 is 0. The van der Waals surface area contributed by atoms with Crippen molar-refractivity contribution in [1.82, 2.24) is 0 Å². The molecule has 1 aliphatic rings. The van der Waals surface area contributed by atoms with Crippen LogP contribution in [0.2, 0.25) is 0 Å². The molecule has 0 amide bonds. The summed E-state index contributed by atoms with van der Waals surface area (Å²) < 4.78 is 0. The molecule has 1 aliphatic carbocycles. The second-order valence-electron chi connectivity index (χ2n) is 3.65. The minimum absolute atomic E-state index is 0.554. The Kier molecular flexibility index (Phi) is 2.16. The van der Waals surface area contributed by atoms with Crippen molar-refractivity contribution in [1.29, 1.82) is 0 Å². The lowest BCUT2D eigenvalue weighted by molar-refractivity contribution is 0.311. The van der Waals surface area contributed by atoms with Gasteiger partial charge in [-0.05, 0) is 23.9 Å². The smallest absolute Gasteiger partial charge is 0.0153 e. The van der Waals surface area contributed by atoms with Crippen LogP contribution in [0.3, 0.4) is 0 Å². The van der Waals surface area contributed by atoms with Crippen LogP contribution in [0.4, 0.5) is 0 Å². The van der Waals surface area contributed by atoms with Gasteiger partial charge in [-0.1, -0.05) is 26.7 Å². The molecule has 9 heavy (non-hydrogen) atoms. The Morgan fingerprint density at radius 2 is 2.11 bits per heavy atom. The molecule has 0 bridgehead atoms. The Morgan fingerprint density at radius 1 is 1.44 bits per heavy atom. The summed E-state index contributed by atoms with van der Waals surface area (Å²) in [6.07, 6.45) is 5.72. The van der Waals surface area contributed by atoms with Crippen LogP contribution in [-0.2, 0) is 0 Å². The lowest BCUT2D eigenvalue weighted by Crippen LogP contribution is -2.28. The predicted octanol–water partition coefficient (Wildman–Crippen LogP) is 2.83. The molecule has 1 fully saturated rings. The first-order chi connectivity index (χ1) is 4.13. The summed E-state index contributed by atoms with van der Waals surface area (Å²) in [4.78, 5) is 0. The Labute approximate surface area is 60.6 Å². The van der Waals surface area contributed by atoms with Crippen LogP contribution in [-0.4, -0.2) is 5.16 Å². The van der Waals surface area contributed by atoms with Crippen LogP contribution >= 0.6 is 9.24 Å². The monoisotopic (exact) mass is 144 g/mol. The van der Waals surface area contributed by atoms with Crippen molar-refractivity contribution < 1.29 is 0 Å². The molecule has 0 aromatic rings. The fraction of sp³-hybridized carbons (Fsp3) is 1.00. The highest BCUT2D eigenvalue weighted by Crippen LogP contribution is 2.39. The molecular weight excluding hydrogens is 127 g/mol. The van der Waals surface area contributed by atoms with Gasteiger partial charge < -0.3 is 0 Å². The van der Waals surface area contributed by atoms with E-state index < -0.39 is 0 Å². The Morgan fingerprint density at radius 3 is 2.44 bits per heavy atom. The zero-order chi connectivity index (χ0) is 6.91. The lowest BCUT2D eigenvalue weighted by atomic mass is 9.81. The van der Waals surface area contributed by atoms with Crippen LogP contribution < -0.4 is 0 Å². The normalized spacial score (nSPS) is 45.0. The summed E-state index contributed by atoms with van der Waals surface area (Å²) in [6, 6.07) is 0. The average Bonchev–Trinajstić information content (AvgIpc) is 1.77. The first-order valence-electron chi connectivity index (χ1n) is 3.92.